The first-order chi connectivity index (χ1) is 5.75. The molecule has 1 aliphatic rings. The molecule has 4 heteroatoms. The van der Waals surface area contributed by atoms with Crippen LogP contribution in [-0.2, 0) is 9.63 Å². The minimum Gasteiger partial charge on any atom is -0.309 e. The topological polar surface area (TPSA) is 50.4 Å². The van der Waals surface area contributed by atoms with Gasteiger partial charge in [-0.2, -0.15) is 0 Å². The summed E-state index contributed by atoms with van der Waals surface area (Å²) in [6, 6.07) is 0. The summed E-state index contributed by atoms with van der Waals surface area (Å²) in [6.07, 6.45) is 0. The molecular weight excluding hydrogens is 156 g/mol. The van der Waals surface area contributed by atoms with Crippen molar-refractivity contribution in [1.29, 1.82) is 0 Å². The van der Waals surface area contributed by atoms with Gasteiger partial charge in [-0.25, -0.2) is 5.48 Å². The van der Waals surface area contributed by atoms with E-state index < -0.39 is 0 Å². The molecule has 0 aliphatic carbocycles. The Kier molecular flexibility index (Phi) is 3.25. The lowest BCUT2D eigenvalue weighted by Gasteiger charge is -2.21. The molecule has 1 aliphatic heterocycles. The maximum Gasteiger partial charge on any atom is 0.270 e. The minimum absolute atomic E-state index is 0.131. The number of carbonyl (C=O) groups excluding carboxylic acids is 1. The number of carbonyl (C=O) groups is 1. The van der Waals surface area contributed by atoms with Gasteiger partial charge in [-0.05, 0) is 19.4 Å². The van der Waals surface area contributed by atoms with Gasteiger partial charge in [0, 0.05) is 18.7 Å². The van der Waals surface area contributed by atoms with Gasteiger partial charge in [0.05, 0.1) is 6.61 Å². The van der Waals surface area contributed by atoms with E-state index in [-0.39, 0.29) is 5.91 Å². The molecule has 0 radical (unpaired) electrons. The average molecular weight is 170 g/mol. The third-order valence-electron chi connectivity index (χ3n) is 1.86. The van der Waals surface area contributed by atoms with Crippen molar-refractivity contribution in [2.24, 2.45) is 0 Å². The van der Waals surface area contributed by atoms with E-state index in [1.165, 1.54) is 0 Å². The molecule has 2 N–H and O–H groups in total. The van der Waals surface area contributed by atoms with Crippen molar-refractivity contribution in [3.63, 3.8) is 0 Å². The Morgan fingerprint density at radius 3 is 2.75 bits per heavy atom. The summed E-state index contributed by atoms with van der Waals surface area (Å²) in [4.78, 5) is 16.0. The van der Waals surface area contributed by atoms with Crippen LogP contribution in [0, 0.1) is 0 Å². The van der Waals surface area contributed by atoms with Gasteiger partial charge < -0.3 is 5.32 Å². The van der Waals surface area contributed by atoms with Crippen LogP contribution in [-0.4, -0.2) is 25.6 Å². The Labute approximate surface area is 71.9 Å². The second kappa shape index (κ2) is 4.23. The fourth-order valence-electron chi connectivity index (χ4n) is 0.890. The summed E-state index contributed by atoms with van der Waals surface area (Å²) in [6.45, 7) is 5.78. The van der Waals surface area contributed by atoms with E-state index in [1.54, 1.807) is 0 Å². The van der Waals surface area contributed by atoms with Crippen molar-refractivity contribution < 1.29 is 9.63 Å². The summed E-state index contributed by atoms with van der Waals surface area (Å²) in [5.74, 6) is -0.131. The van der Waals surface area contributed by atoms with E-state index in [9.17, 15) is 4.79 Å². The average Bonchev–Trinajstić information content (AvgIpc) is 1.96. The molecular formula is C8H14N2O2. The fourth-order valence-corrected chi connectivity index (χ4v) is 0.890. The molecule has 0 aromatic rings. The monoisotopic (exact) mass is 170 g/mol. The zero-order valence-corrected chi connectivity index (χ0v) is 7.44. The van der Waals surface area contributed by atoms with Gasteiger partial charge in [-0.1, -0.05) is 0 Å². The molecule has 0 aromatic carbocycles. The van der Waals surface area contributed by atoms with Gasteiger partial charge in [0.2, 0.25) is 0 Å². The van der Waals surface area contributed by atoms with Crippen LogP contribution in [0.5, 0.6) is 0 Å². The highest BCUT2D eigenvalue weighted by Crippen LogP contribution is 2.08. The van der Waals surface area contributed by atoms with Crippen LogP contribution in [0.2, 0.25) is 0 Å². The number of amides is 1. The molecule has 0 aromatic heterocycles. The lowest BCUT2D eigenvalue weighted by atomic mass is 10.0. The van der Waals surface area contributed by atoms with Crippen molar-refractivity contribution in [2.75, 3.05) is 19.7 Å². The van der Waals surface area contributed by atoms with E-state index in [0.29, 0.717) is 6.61 Å². The van der Waals surface area contributed by atoms with Gasteiger partial charge in [0.15, 0.2) is 0 Å². The number of hydrogen-bond donors (Lipinski definition) is 2. The fraction of sp³-hybridized carbons (Fsp3) is 0.625. The molecule has 0 unspecified atom stereocenters. The first kappa shape index (κ1) is 9.22. The summed E-state index contributed by atoms with van der Waals surface area (Å²) in [5, 5.41) is 3.07. The molecule has 0 atom stereocenters. The van der Waals surface area contributed by atoms with Gasteiger partial charge >= 0.3 is 0 Å². The zero-order valence-electron chi connectivity index (χ0n) is 7.44. The third kappa shape index (κ3) is 2.06. The molecule has 0 bridgehead atoms. The molecule has 0 spiro atoms. The smallest absolute Gasteiger partial charge is 0.270 e. The van der Waals surface area contributed by atoms with E-state index in [4.69, 9.17) is 4.84 Å². The molecule has 68 valence electrons. The molecule has 1 saturated heterocycles. The molecule has 1 heterocycles. The number of nitrogens with one attached hydrogen (secondary N) is 2. The first-order valence-electron chi connectivity index (χ1n) is 4.07. The summed E-state index contributed by atoms with van der Waals surface area (Å²) < 4.78 is 0. The van der Waals surface area contributed by atoms with E-state index in [0.717, 1.165) is 24.2 Å². The van der Waals surface area contributed by atoms with Crippen LogP contribution in [0.15, 0.2) is 11.1 Å². The summed E-state index contributed by atoms with van der Waals surface area (Å²) >= 11 is 0. The van der Waals surface area contributed by atoms with Crippen molar-refractivity contribution in [3.8, 4) is 0 Å². The summed E-state index contributed by atoms with van der Waals surface area (Å²) in [7, 11) is 0. The highest BCUT2D eigenvalue weighted by molar-refractivity contribution is 5.93. The van der Waals surface area contributed by atoms with Crippen LogP contribution in [0.1, 0.15) is 13.8 Å². The van der Waals surface area contributed by atoms with Gasteiger partial charge in [-0.15, -0.1) is 0 Å². The number of rotatable bonds is 3. The van der Waals surface area contributed by atoms with Crippen LogP contribution >= 0.6 is 0 Å². The Hall–Kier alpha value is -0.870. The van der Waals surface area contributed by atoms with Crippen LogP contribution in [0.25, 0.3) is 0 Å². The lowest BCUT2D eigenvalue weighted by molar-refractivity contribution is -0.129. The van der Waals surface area contributed by atoms with Crippen LogP contribution in [0.4, 0.5) is 0 Å². The second-order valence-electron chi connectivity index (χ2n) is 2.70. The highest BCUT2D eigenvalue weighted by atomic mass is 16.6. The second-order valence-corrected chi connectivity index (χ2v) is 2.70. The molecule has 1 fully saturated rings. The Balaban J connectivity index is 2.40. The van der Waals surface area contributed by atoms with Crippen molar-refractivity contribution in [3.05, 3.63) is 11.1 Å². The minimum atomic E-state index is -0.131. The largest absolute Gasteiger partial charge is 0.309 e. The standard InChI is InChI=1S/C8H14N2O2/c1-3-12-10-8(11)6(2)7-4-9-5-7/h9H,3-5H2,1-2H3,(H,10,11). The first-order valence-corrected chi connectivity index (χ1v) is 4.07. The van der Waals surface area contributed by atoms with E-state index in [1.807, 2.05) is 13.8 Å². The van der Waals surface area contributed by atoms with Crippen molar-refractivity contribution >= 4 is 5.91 Å². The third-order valence-corrected chi connectivity index (χ3v) is 1.86. The van der Waals surface area contributed by atoms with E-state index in [2.05, 4.69) is 10.8 Å². The predicted molar refractivity (Wildman–Crippen MR) is 45.3 cm³/mol. The molecule has 0 saturated carbocycles. The quantitative estimate of drug-likeness (QED) is 0.462. The summed E-state index contributed by atoms with van der Waals surface area (Å²) in [5.41, 5.74) is 4.28. The molecule has 4 nitrogen and oxygen atoms in total. The number of hydrogen-bond acceptors (Lipinski definition) is 3. The maximum absolute atomic E-state index is 11.2. The Morgan fingerprint density at radius 2 is 2.33 bits per heavy atom. The maximum atomic E-state index is 11.2. The zero-order chi connectivity index (χ0) is 8.97. The van der Waals surface area contributed by atoms with Crippen LogP contribution < -0.4 is 10.8 Å². The van der Waals surface area contributed by atoms with Gasteiger partial charge in [0.1, 0.15) is 0 Å². The Morgan fingerprint density at radius 1 is 1.67 bits per heavy atom. The molecule has 1 rings (SSSR count). The van der Waals surface area contributed by atoms with Gasteiger partial charge in [0.25, 0.3) is 5.91 Å². The lowest BCUT2D eigenvalue weighted by Crippen LogP contribution is -2.37. The van der Waals surface area contributed by atoms with Crippen molar-refractivity contribution in [2.45, 2.75) is 13.8 Å². The van der Waals surface area contributed by atoms with Crippen molar-refractivity contribution in [1.82, 2.24) is 10.8 Å². The highest BCUT2D eigenvalue weighted by Gasteiger charge is 2.15. The van der Waals surface area contributed by atoms with Gasteiger partial charge in [-0.3, -0.25) is 9.63 Å². The molecule has 1 amide bonds. The number of hydroxylamine groups is 1. The van der Waals surface area contributed by atoms with Crippen LogP contribution in [0.3, 0.4) is 0 Å². The SMILES string of the molecule is CCONC(=O)C(C)=C1CNC1. The van der Waals surface area contributed by atoms with E-state index >= 15 is 0 Å². The Bertz CT molecular complexity index is 205. The predicted octanol–water partition coefficient (Wildman–Crippen LogP) is -0.0262. The normalized spacial score (nSPS) is 15.3. The molecule has 12 heavy (non-hydrogen) atoms.